The molecule has 6 heteroatoms. The van der Waals surface area contributed by atoms with E-state index in [1.54, 1.807) is 14.2 Å². The number of amides is 1. The SMILES string of the molecule is COCO[C@H](C#C[Si](C)(C)C)[C@H](C(C)C)N(Cc1ccc(OC)cc1)C(=O)c1ccccc1. The van der Waals surface area contributed by atoms with Crippen molar-refractivity contribution in [2.75, 3.05) is 21.0 Å². The monoisotopic (exact) mass is 467 g/mol. The molecule has 0 unspecified atom stereocenters. The number of ether oxygens (including phenoxy) is 3. The van der Waals surface area contributed by atoms with Crippen molar-refractivity contribution in [3.63, 3.8) is 0 Å². The molecule has 0 aliphatic carbocycles. The Balaban J connectivity index is 2.53. The lowest BCUT2D eigenvalue weighted by Gasteiger charge is -2.38. The molecular weight excluding hydrogens is 430 g/mol. The van der Waals surface area contributed by atoms with Crippen LogP contribution in [-0.2, 0) is 16.0 Å². The largest absolute Gasteiger partial charge is 0.497 e. The van der Waals surface area contributed by atoms with Gasteiger partial charge in [0.15, 0.2) is 0 Å². The average Bonchev–Trinajstić information content (AvgIpc) is 2.79. The first-order valence-corrected chi connectivity index (χ1v) is 14.8. The lowest BCUT2D eigenvalue weighted by molar-refractivity contribution is -0.0820. The van der Waals surface area contributed by atoms with Crippen LogP contribution in [0.4, 0.5) is 0 Å². The molecule has 0 saturated carbocycles. The number of methoxy groups -OCH3 is 2. The van der Waals surface area contributed by atoms with Gasteiger partial charge in [-0.2, -0.15) is 0 Å². The Morgan fingerprint density at radius 1 is 1.00 bits per heavy atom. The summed E-state index contributed by atoms with van der Waals surface area (Å²) in [6, 6.07) is 16.9. The van der Waals surface area contributed by atoms with Gasteiger partial charge in [-0.1, -0.05) is 69.7 Å². The minimum Gasteiger partial charge on any atom is -0.497 e. The van der Waals surface area contributed by atoms with Gasteiger partial charge in [0.25, 0.3) is 5.91 Å². The van der Waals surface area contributed by atoms with Crippen molar-refractivity contribution in [3.8, 4) is 17.2 Å². The highest BCUT2D eigenvalue weighted by Crippen LogP contribution is 2.24. The minimum absolute atomic E-state index is 0.0501. The molecule has 2 atom stereocenters. The highest BCUT2D eigenvalue weighted by Gasteiger charge is 2.34. The van der Waals surface area contributed by atoms with Crippen molar-refractivity contribution < 1.29 is 19.0 Å². The molecule has 0 spiro atoms. The van der Waals surface area contributed by atoms with Crippen molar-refractivity contribution in [1.29, 1.82) is 0 Å². The molecule has 178 valence electrons. The van der Waals surface area contributed by atoms with Crippen LogP contribution in [0.3, 0.4) is 0 Å². The second-order valence-electron chi connectivity index (χ2n) is 9.39. The third kappa shape index (κ3) is 8.36. The van der Waals surface area contributed by atoms with Crippen LogP contribution in [0.25, 0.3) is 0 Å². The zero-order valence-electron chi connectivity index (χ0n) is 20.9. The summed E-state index contributed by atoms with van der Waals surface area (Å²) < 4.78 is 16.6. The lowest BCUT2D eigenvalue weighted by atomic mass is 9.95. The maximum Gasteiger partial charge on any atom is 0.254 e. The molecule has 5 nitrogen and oxygen atoms in total. The Morgan fingerprint density at radius 2 is 1.64 bits per heavy atom. The summed E-state index contributed by atoms with van der Waals surface area (Å²) in [5, 5.41) is 0. The second kappa shape index (κ2) is 12.6. The smallest absolute Gasteiger partial charge is 0.254 e. The lowest BCUT2D eigenvalue weighted by Crippen LogP contribution is -2.50. The highest BCUT2D eigenvalue weighted by atomic mass is 28.3. The van der Waals surface area contributed by atoms with E-state index in [-0.39, 0.29) is 24.7 Å². The molecule has 0 aromatic heterocycles. The van der Waals surface area contributed by atoms with Crippen LogP contribution in [0.5, 0.6) is 5.75 Å². The van der Waals surface area contributed by atoms with Crippen molar-refractivity contribution in [2.24, 2.45) is 5.92 Å². The Hall–Kier alpha value is -2.59. The quantitative estimate of drug-likeness (QED) is 0.273. The van der Waals surface area contributed by atoms with E-state index in [4.69, 9.17) is 14.2 Å². The molecule has 0 bridgehead atoms. The molecule has 0 aliphatic heterocycles. The standard InChI is InChI=1S/C27H37NO4Si/c1-21(2)26(25(32-20-30-3)17-18-33(5,6)7)28(27(29)23-11-9-8-10-12-23)19-22-13-15-24(31-4)16-14-22/h8-16,21,25-26H,19-20H2,1-7H3/t25-,26+/m1/s1. The fraction of sp³-hybridized carbons (Fsp3) is 0.444. The molecule has 0 N–H and O–H groups in total. The summed E-state index contributed by atoms with van der Waals surface area (Å²) in [6.07, 6.45) is -0.470. The van der Waals surface area contributed by atoms with Gasteiger partial charge in [-0.25, -0.2) is 0 Å². The summed E-state index contributed by atoms with van der Waals surface area (Å²) in [7, 11) is 1.59. The molecule has 0 saturated heterocycles. The number of hydrogen-bond donors (Lipinski definition) is 0. The van der Waals surface area contributed by atoms with Gasteiger partial charge in [-0.05, 0) is 35.7 Å². The first-order chi connectivity index (χ1) is 15.7. The first kappa shape index (κ1) is 26.7. The van der Waals surface area contributed by atoms with E-state index in [1.807, 2.05) is 59.5 Å². The predicted molar refractivity (Wildman–Crippen MR) is 136 cm³/mol. The van der Waals surface area contributed by atoms with Crippen LogP contribution in [0.1, 0.15) is 29.8 Å². The second-order valence-corrected chi connectivity index (χ2v) is 14.1. The van der Waals surface area contributed by atoms with Crippen molar-refractivity contribution in [3.05, 3.63) is 65.7 Å². The van der Waals surface area contributed by atoms with Gasteiger partial charge < -0.3 is 19.1 Å². The van der Waals surface area contributed by atoms with Crippen LogP contribution < -0.4 is 4.74 Å². The fourth-order valence-corrected chi connectivity index (χ4v) is 4.09. The Labute approximate surface area is 200 Å². The third-order valence-electron chi connectivity index (χ3n) is 5.10. The summed E-state index contributed by atoms with van der Waals surface area (Å²) in [5.41, 5.74) is 5.08. The summed E-state index contributed by atoms with van der Waals surface area (Å²) in [4.78, 5) is 15.7. The van der Waals surface area contributed by atoms with Crippen LogP contribution in [0, 0.1) is 17.4 Å². The Morgan fingerprint density at radius 3 is 2.15 bits per heavy atom. The average molecular weight is 468 g/mol. The number of hydrogen-bond acceptors (Lipinski definition) is 4. The summed E-state index contributed by atoms with van der Waals surface area (Å²) in [6.45, 7) is 11.3. The number of nitrogens with zero attached hydrogens (tertiary/aromatic N) is 1. The van der Waals surface area contributed by atoms with E-state index in [9.17, 15) is 4.79 Å². The normalized spacial score (nSPS) is 13.1. The van der Waals surface area contributed by atoms with Gasteiger partial charge >= 0.3 is 0 Å². The minimum atomic E-state index is -1.65. The van der Waals surface area contributed by atoms with Crippen LogP contribution >= 0.6 is 0 Å². The van der Waals surface area contributed by atoms with Crippen LogP contribution in [0.2, 0.25) is 19.6 Å². The maximum absolute atomic E-state index is 13.8. The van der Waals surface area contributed by atoms with E-state index < -0.39 is 14.2 Å². The maximum atomic E-state index is 13.8. The number of benzene rings is 2. The van der Waals surface area contributed by atoms with Gasteiger partial charge in [0.2, 0.25) is 0 Å². The molecule has 2 aromatic carbocycles. The molecule has 0 aliphatic rings. The number of carbonyl (C=O) groups excluding carboxylic acids is 1. The Kier molecular flexibility index (Phi) is 10.2. The first-order valence-electron chi connectivity index (χ1n) is 11.3. The fourth-order valence-electron chi connectivity index (χ4n) is 3.51. The van der Waals surface area contributed by atoms with Crippen LogP contribution in [-0.4, -0.2) is 52.0 Å². The molecular formula is C27H37NO4Si. The van der Waals surface area contributed by atoms with E-state index >= 15 is 0 Å². The summed E-state index contributed by atoms with van der Waals surface area (Å²) in [5.74, 6) is 4.20. The molecule has 0 radical (unpaired) electrons. The van der Waals surface area contributed by atoms with Gasteiger partial charge in [-0.15, -0.1) is 5.54 Å². The van der Waals surface area contributed by atoms with E-state index in [2.05, 4.69) is 45.0 Å². The van der Waals surface area contributed by atoms with Gasteiger partial charge in [0, 0.05) is 19.2 Å². The predicted octanol–water partition coefficient (Wildman–Crippen LogP) is 5.23. The molecule has 2 rings (SSSR count). The van der Waals surface area contributed by atoms with E-state index in [0.29, 0.717) is 12.1 Å². The van der Waals surface area contributed by atoms with Gasteiger partial charge in [0.1, 0.15) is 26.7 Å². The van der Waals surface area contributed by atoms with E-state index in [1.165, 1.54) is 0 Å². The van der Waals surface area contributed by atoms with Crippen molar-refractivity contribution >= 4 is 14.0 Å². The zero-order valence-corrected chi connectivity index (χ0v) is 21.9. The van der Waals surface area contributed by atoms with E-state index in [0.717, 1.165) is 11.3 Å². The van der Waals surface area contributed by atoms with Gasteiger partial charge in [0.05, 0.1) is 13.2 Å². The number of rotatable bonds is 10. The topological polar surface area (TPSA) is 48.0 Å². The molecule has 0 heterocycles. The number of carbonyl (C=O) groups is 1. The van der Waals surface area contributed by atoms with Crippen molar-refractivity contribution in [2.45, 2.75) is 52.2 Å². The highest BCUT2D eigenvalue weighted by molar-refractivity contribution is 6.83. The summed E-state index contributed by atoms with van der Waals surface area (Å²) >= 11 is 0. The zero-order chi connectivity index (χ0) is 24.4. The Bertz CT molecular complexity index is 927. The molecule has 2 aromatic rings. The molecule has 0 fully saturated rings. The molecule has 33 heavy (non-hydrogen) atoms. The van der Waals surface area contributed by atoms with Crippen LogP contribution in [0.15, 0.2) is 54.6 Å². The van der Waals surface area contributed by atoms with Gasteiger partial charge in [-0.3, -0.25) is 4.79 Å². The molecule has 1 amide bonds. The third-order valence-corrected chi connectivity index (χ3v) is 6.00. The van der Waals surface area contributed by atoms with Crippen molar-refractivity contribution in [1.82, 2.24) is 4.90 Å².